The molecule has 0 spiro atoms. The molecule has 2 saturated heterocycles. The second-order valence-corrected chi connectivity index (χ2v) is 8.04. The first kappa shape index (κ1) is 16.7. The molecule has 23 heavy (non-hydrogen) atoms. The van der Waals surface area contributed by atoms with Crippen molar-refractivity contribution >= 4 is 10.0 Å². The molecule has 3 rings (SSSR count). The monoisotopic (exact) mass is 349 g/mol. The van der Waals surface area contributed by atoms with Crippen LogP contribution in [0.15, 0.2) is 17.0 Å². The van der Waals surface area contributed by atoms with Crippen LogP contribution in [0.3, 0.4) is 0 Å². The molecule has 2 aliphatic heterocycles. The van der Waals surface area contributed by atoms with Gasteiger partial charge in [0.05, 0.1) is 5.69 Å². The number of aromatic nitrogens is 1. The summed E-state index contributed by atoms with van der Waals surface area (Å²) in [6, 6.07) is 1.36. The molecular formula is C14H18F3N3O2S. The van der Waals surface area contributed by atoms with E-state index < -0.39 is 21.9 Å². The Bertz CT molecular complexity index is 706. The van der Waals surface area contributed by atoms with Crippen molar-refractivity contribution in [1.29, 1.82) is 0 Å². The van der Waals surface area contributed by atoms with Gasteiger partial charge >= 0.3 is 6.18 Å². The highest BCUT2D eigenvalue weighted by molar-refractivity contribution is 7.89. The Morgan fingerprint density at radius 1 is 1.22 bits per heavy atom. The van der Waals surface area contributed by atoms with Gasteiger partial charge in [-0.3, -0.25) is 0 Å². The lowest BCUT2D eigenvalue weighted by atomic mass is 10.0. The lowest BCUT2D eigenvalue weighted by Gasteiger charge is -2.36. The third-order valence-corrected chi connectivity index (χ3v) is 6.72. The fourth-order valence-corrected chi connectivity index (χ4v) is 5.71. The first-order valence-corrected chi connectivity index (χ1v) is 8.88. The molecule has 3 heterocycles. The van der Waals surface area contributed by atoms with Crippen molar-refractivity contribution in [3.63, 3.8) is 0 Å². The quantitative estimate of drug-likeness (QED) is 0.887. The maximum absolute atomic E-state index is 12.9. The first-order valence-electron chi connectivity index (χ1n) is 7.44. The SMILES string of the molecule is Cc1nc(C(F)(F)F)ccc1S(=O)(=O)N1C2CCC1CC(N)C2. The average Bonchev–Trinajstić information content (AvgIpc) is 2.71. The third kappa shape index (κ3) is 2.85. The predicted octanol–water partition coefficient (Wildman–Crippen LogP) is 2.05. The van der Waals surface area contributed by atoms with E-state index >= 15 is 0 Å². The highest BCUT2D eigenvalue weighted by atomic mass is 32.2. The average molecular weight is 349 g/mol. The van der Waals surface area contributed by atoms with Crippen molar-refractivity contribution in [1.82, 2.24) is 9.29 Å². The summed E-state index contributed by atoms with van der Waals surface area (Å²) < 4.78 is 65.3. The number of halogens is 3. The van der Waals surface area contributed by atoms with Crippen molar-refractivity contribution < 1.29 is 21.6 Å². The number of nitrogens with two attached hydrogens (primary N) is 1. The van der Waals surface area contributed by atoms with Crippen LogP contribution in [0.4, 0.5) is 13.2 Å². The van der Waals surface area contributed by atoms with E-state index in [1.165, 1.54) is 11.2 Å². The number of rotatable bonds is 2. The van der Waals surface area contributed by atoms with Gasteiger partial charge < -0.3 is 5.73 Å². The van der Waals surface area contributed by atoms with Gasteiger partial charge in [0.1, 0.15) is 10.6 Å². The van der Waals surface area contributed by atoms with E-state index in [0.29, 0.717) is 12.8 Å². The molecule has 0 aliphatic carbocycles. The second-order valence-electron chi connectivity index (χ2n) is 6.23. The molecule has 2 bridgehead atoms. The Kier molecular flexibility index (Phi) is 3.93. The number of fused-ring (bicyclic) bond motifs is 2. The van der Waals surface area contributed by atoms with Gasteiger partial charge in [-0.25, -0.2) is 13.4 Å². The molecule has 2 aliphatic rings. The largest absolute Gasteiger partial charge is 0.433 e. The van der Waals surface area contributed by atoms with E-state index in [-0.39, 0.29) is 28.7 Å². The van der Waals surface area contributed by atoms with Crippen LogP contribution in [0.5, 0.6) is 0 Å². The summed E-state index contributed by atoms with van der Waals surface area (Å²) in [6.45, 7) is 1.29. The van der Waals surface area contributed by atoms with Crippen molar-refractivity contribution in [2.75, 3.05) is 0 Å². The van der Waals surface area contributed by atoms with Crippen molar-refractivity contribution in [2.24, 2.45) is 5.73 Å². The highest BCUT2D eigenvalue weighted by Gasteiger charge is 2.47. The Balaban J connectivity index is 1.98. The summed E-state index contributed by atoms with van der Waals surface area (Å²) in [7, 11) is -3.87. The Hall–Kier alpha value is -1.19. The van der Waals surface area contributed by atoms with E-state index in [2.05, 4.69) is 4.98 Å². The van der Waals surface area contributed by atoms with Crippen LogP contribution >= 0.6 is 0 Å². The molecule has 1 aromatic heterocycles. The van der Waals surface area contributed by atoms with Crippen LogP contribution in [0.25, 0.3) is 0 Å². The van der Waals surface area contributed by atoms with Crippen LogP contribution in [-0.4, -0.2) is 35.8 Å². The van der Waals surface area contributed by atoms with Gasteiger partial charge in [0.2, 0.25) is 10.0 Å². The van der Waals surface area contributed by atoms with E-state index in [9.17, 15) is 21.6 Å². The number of hydrogen-bond acceptors (Lipinski definition) is 4. The molecule has 9 heteroatoms. The van der Waals surface area contributed by atoms with Crippen LogP contribution in [-0.2, 0) is 16.2 Å². The summed E-state index contributed by atoms with van der Waals surface area (Å²) in [5.74, 6) is 0. The first-order chi connectivity index (χ1) is 10.6. The number of aryl methyl sites for hydroxylation is 1. The Morgan fingerprint density at radius 2 is 1.78 bits per heavy atom. The molecule has 2 atom stereocenters. The number of hydrogen-bond donors (Lipinski definition) is 1. The number of nitrogens with zero attached hydrogens (tertiary/aromatic N) is 2. The number of sulfonamides is 1. The summed E-state index contributed by atoms with van der Waals surface area (Å²) in [4.78, 5) is 3.28. The minimum absolute atomic E-state index is 0.0224. The summed E-state index contributed by atoms with van der Waals surface area (Å²) in [6.07, 6.45) is -1.94. The molecule has 0 radical (unpaired) electrons. The lowest BCUT2D eigenvalue weighted by molar-refractivity contribution is -0.141. The topological polar surface area (TPSA) is 76.3 Å². The Morgan fingerprint density at radius 3 is 2.26 bits per heavy atom. The fourth-order valence-electron chi connectivity index (χ4n) is 3.66. The van der Waals surface area contributed by atoms with Crippen LogP contribution in [0.2, 0.25) is 0 Å². The normalized spacial score (nSPS) is 29.0. The zero-order valence-electron chi connectivity index (χ0n) is 12.5. The third-order valence-electron chi connectivity index (χ3n) is 4.59. The van der Waals surface area contributed by atoms with Crippen molar-refractivity contribution in [3.8, 4) is 0 Å². The molecule has 5 nitrogen and oxygen atoms in total. The van der Waals surface area contributed by atoms with Gasteiger partial charge in [-0.15, -0.1) is 0 Å². The minimum atomic E-state index is -4.59. The van der Waals surface area contributed by atoms with Gasteiger partial charge in [-0.05, 0) is 44.7 Å². The summed E-state index contributed by atoms with van der Waals surface area (Å²) in [5.41, 5.74) is 4.72. The number of pyridine rings is 1. The maximum Gasteiger partial charge on any atom is 0.433 e. The molecule has 128 valence electrons. The molecule has 2 N–H and O–H groups in total. The lowest BCUT2D eigenvalue weighted by Crippen LogP contribution is -2.50. The number of piperidine rings is 1. The van der Waals surface area contributed by atoms with Crippen LogP contribution < -0.4 is 5.73 Å². The van der Waals surface area contributed by atoms with E-state index in [4.69, 9.17) is 5.73 Å². The van der Waals surface area contributed by atoms with Gasteiger partial charge in [-0.2, -0.15) is 17.5 Å². The Labute approximate surface area is 132 Å². The van der Waals surface area contributed by atoms with Crippen molar-refractivity contribution in [2.45, 2.75) is 61.8 Å². The van der Waals surface area contributed by atoms with Gasteiger partial charge in [0.25, 0.3) is 0 Å². The highest BCUT2D eigenvalue weighted by Crippen LogP contribution is 2.40. The van der Waals surface area contributed by atoms with Crippen LogP contribution in [0.1, 0.15) is 37.1 Å². The van der Waals surface area contributed by atoms with Crippen molar-refractivity contribution in [3.05, 3.63) is 23.5 Å². The smallest absolute Gasteiger partial charge is 0.328 e. The predicted molar refractivity (Wildman–Crippen MR) is 77.0 cm³/mol. The van der Waals surface area contributed by atoms with Gasteiger partial charge in [0, 0.05) is 18.1 Å². The second kappa shape index (κ2) is 5.42. The standard InChI is InChI=1S/C14H18F3N3O2S/c1-8-12(4-5-13(19-8)14(15,16)17)23(21,22)20-10-2-3-11(20)7-9(18)6-10/h4-5,9-11H,2-3,6-7,18H2,1H3. The molecule has 0 amide bonds. The van der Waals surface area contributed by atoms with E-state index in [1.54, 1.807) is 0 Å². The number of alkyl halides is 3. The molecule has 2 fully saturated rings. The zero-order chi connectivity index (χ0) is 17.0. The summed E-state index contributed by atoms with van der Waals surface area (Å²) in [5, 5.41) is 0. The van der Waals surface area contributed by atoms with Gasteiger partial charge in [-0.1, -0.05) is 0 Å². The fraction of sp³-hybridized carbons (Fsp3) is 0.643. The van der Waals surface area contributed by atoms with E-state index in [0.717, 1.165) is 25.0 Å². The maximum atomic E-state index is 12.9. The molecule has 0 saturated carbocycles. The molecule has 2 unspecified atom stereocenters. The molecule has 1 aromatic rings. The zero-order valence-corrected chi connectivity index (χ0v) is 13.4. The van der Waals surface area contributed by atoms with Gasteiger partial charge in [0.15, 0.2) is 0 Å². The summed E-state index contributed by atoms with van der Waals surface area (Å²) >= 11 is 0. The minimum Gasteiger partial charge on any atom is -0.328 e. The molecular weight excluding hydrogens is 331 g/mol. The van der Waals surface area contributed by atoms with Crippen LogP contribution in [0, 0.1) is 6.92 Å². The van der Waals surface area contributed by atoms with E-state index in [1.807, 2.05) is 0 Å². The molecule has 0 aromatic carbocycles.